The highest BCUT2D eigenvalue weighted by Crippen LogP contribution is 2.64. The van der Waals surface area contributed by atoms with Gasteiger partial charge in [0.1, 0.15) is 30.0 Å². The van der Waals surface area contributed by atoms with Gasteiger partial charge in [0.2, 0.25) is 0 Å². The second kappa shape index (κ2) is 13.8. The molecule has 4 fully saturated rings. The Bertz CT molecular complexity index is 1870. The Morgan fingerprint density at radius 3 is 2.11 bits per heavy atom. The number of esters is 3. The van der Waals surface area contributed by atoms with Gasteiger partial charge in [-0.2, -0.15) is 0 Å². The molecule has 5 aliphatic rings. The van der Waals surface area contributed by atoms with Crippen molar-refractivity contribution in [2.24, 2.45) is 22.2 Å². The first-order chi connectivity index (χ1) is 26.2. The molecule has 2 saturated carbocycles. The van der Waals surface area contributed by atoms with Gasteiger partial charge in [-0.1, -0.05) is 52.8 Å². The molecule has 1 amide bonds. The Morgan fingerprint density at radius 1 is 0.982 bits per heavy atom. The molecule has 2 heterocycles. The third-order valence-corrected chi connectivity index (χ3v) is 13.4. The van der Waals surface area contributed by atoms with Crippen LogP contribution in [0.5, 0.6) is 0 Å². The molecule has 314 valence electrons. The van der Waals surface area contributed by atoms with Crippen molar-refractivity contribution < 1.29 is 73.2 Å². The molecule has 1 unspecified atom stereocenters. The van der Waals surface area contributed by atoms with E-state index in [9.17, 15) is 49.5 Å². The number of cyclic esters (lactones) is 1. The average molecular weight is 802 g/mol. The van der Waals surface area contributed by atoms with Gasteiger partial charge in [-0.15, -0.1) is 0 Å². The van der Waals surface area contributed by atoms with Crippen LogP contribution in [0.3, 0.4) is 0 Å². The molecule has 0 radical (unpaired) electrons. The quantitative estimate of drug-likeness (QED) is 0.151. The van der Waals surface area contributed by atoms with Gasteiger partial charge < -0.3 is 49.2 Å². The lowest BCUT2D eigenvalue weighted by Crippen LogP contribution is -2.81. The predicted molar refractivity (Wildman–Crippen MR) is 197 cm³/mol. The Morgan fingerprint density at radius 2 is 1.60 bits per heavy atom. The van der Waals surface area contributed by atoms with Crippen molar-refractivity contribution in [1.82, 2.24) is 4.90 Å². The second-order valence-corrected chi connectivity index (χ2v) is 18.6. The normalized spacial score (nSPS) is 37.9. The fraction of sp³-hybridized carbons (Fsp3) is 0.683. The maximum Gasteiger partial charge on any atom is 0.413 e. The van der Waals surface area contributed by atoms with Gasteiger partial charge in [-0.25, -0.2) is 14.4 Å². The van der Waals surface area contributed by atoms with Gasteiger partial charge in [0.25, 0.3) is 0 Å². The third kappa shape index (κ3) is 6.29. The standard InChI is InChI=1S/C41H55NO15/c1-19-22(54-33(49)27(46)29(36(3,4)5)42-34(50)38(8,9)57-35(42)51)17-41(52)31(55-32(48)21-14-12-11-13-15-21)28-39(10,30(47)26(45)25(19)37(41,6)7)23(44)16-24-40(28,18-53-24)56-20(2)43/h11-15,22-24,26-29,31,34,44-46,50,52H,16-18H2,1-10H3/t22-,23-,24+,26+,27-,28-,29-,31-,34?,39+,40-,41+/m0/s1. The van der Waals surface area contributed by atoms with E-state index in [0.717, 1.165) is 11.8 Å². The SMILES string of the molecule is CC(=O)O[C@@]12CO[C@@H]1C[C@H](O)[C@@]1(C)C(=O)[C@H](O)C3=C(C)[C@@H](OC(=O)[C@@H](O)[C@H](N4C(=O)OC(C)(C)C4O)C(C)(C)C)C[C@@](O)([C@@H](OC(=O)c4ccccc4)[C@H]21)C3(C)C. The summed E-state index contributed by atoms with van der Waals surface area (Å²) < 4.78 is 29.4. The highest BCUT2D eigenvalue weighted by molar-refractivity contribution is 5.94. The molecule has 0 aromatic heterocycles. The fourth-order valence-corrected chi connectivity index (χ4v) is 10.2. The largest absolute Gasteiger partial charge is 0.456 e. The number of aliphatic hydroxyl groups excluding tert-OH is 4. The van der Waals surface area contributed by atoms with Crippen LogP contribution in [0.15, 0.2) is 41.5 Å². The Labute approximate surface area is 331 Å². The van der Waals surface area contributed by atoms with Crippen molar-refractivity contribution in [2.75, 3.05) is 6.61 Å². The number of amides is 1. The first kappa shape index (κ1) is 42.7. The molecule has 3 aliphatic carbocycles. The van der Waals surface area contributed by atoms with Gasteiger partial charge >= 0.3 is 24.0 Å². The van der Waals surface area contributed by atoms with E-state index in [0.29, 0.717) is 0 Å². The summed E-state index contributed by atoms with van der Waals surface area (Å²) in [6, 6.07) is 6.42. The molecule has 16 heteroatoms. The van der Waals surface area contributed by atoms with Crippen LogP contribution in [0.4, 0.5) is 4.79 Å². The molecular weight excluding hydrogens is 746 g/mol. The van der Waals surface area contributed by atoms with Crippen LogP contribution in [0.2, 0.25) is 0 Å². The molecule has 5 N–H and O–H groups in total. The van der Waals surface area contributed by atoms with E-state index in [1.54, 1.807) is 39.0 Å². The number of Topliss-reactive ketones (excluding diaryl/α,β-unsaturated/α-hetero) is 1. The molecule has 6 rings (SSSR count). The molecule has 12 atom stereocenters. The first-order valence-corrected chi connectivity index (χ1v) is 19.2. The van der Waals surface area contributed by atoms with Crippen molar-refractivity contribution in [1.29, 1.82) is 0 Å². The number of rotatable bonds is 7. The number of ether oxygens (including phenoxy) is 5. The van der Waals surface area contributed by atoms with E-state index in [4.69, 9.17) is 23.7 Å². The molecule has 57 heavy (non-hydrogen) atoms. The van der Waals surface area contributed by atoms with E-state index in [-0.39, 0.29) is 29.7 Å². The number of hydrogen-bond acceptors (Lipinski definition) is 15. The number of benzene rings is 1. The summed E-state index contributed by atoms with van der Waals surface area (Å²) in [5.74, 6) is -5.44. The zero-order valence-corrected chi connectivity index (χ0v) is 34.0. The lowest BCUT2D eigenvalue weighted by Gasteiger charge is -2.67. The zero-order chi connectivity index (χ0) is 42.6. The maximum absolute atomic E-state index is 14.9. The van der Waals surface area contributed by atoms with Crippen LogP contribution in [-0.4, -0.2) is 133 Å². The predicted octanol–water partition coefficient (Wildman–Crippen LogP) is 1.96. The first-order valence-electron chi connectivity index (χ1n) is 19.2. The minimum absolute atomic E-state index is 0.0706. The molecule has 2 bridgehead atoms. The Balaban J connectivity index is 1.51. The summed E-state index contributed by atoms with van der Waals surface area (Å²) in [7, 11) is 0. The van der Waals surface area contributed by atoms with Crippen LogP contribution < -0.4 is 0 Å². The van der Waals surface area contributed by atoms with Gasteiger partial charge in [-0.3, -0.25) is 14.5 Å². The molecule has 2 saturated heterocycles. The smallest absolute Gasteiger partial charge is 0.413 e. The minimum Gasteiger partial charge on any atom is -0.456 e. The zero-order valence-electron chi connectivity index (χ0n) is 34.0. The average Bonchev–Trinajstić information content (AvgIpc) is 3.30. The highest BCUT2D eigenvalue weighted by Gasteiger charge is 2.78. The molecule has 16 nitrogen and oxygen atoms in total. The Hall–Kier alpha value is -3.93. The van der Waals surface area contributed by atoms with Gasteiger partial charge in [0, 0.05) is 25.2 Å². The van der Waals surface area contributed by atoms with Crippen molar-refractivity contribution in [3.63, 3.8) is 0 Å². The Kier molecular flexibility index (Phi) is 10.4. The monoisotopic (exact) mass is 801 g/mol. The summed E-state index contributed by atoms with van der Waals surface area (Å²) in [6.07, 6.45) is -13.3. The van der Waals surface area contributed by atoms with Crippen LogP contribution in [0.25, 0.3) is 0 Å². The highest BCUT2D eigenvalue weighted by atomic mass is 16.6. The summed E-state index contributed by atoms with van der Waals surface area (Å²) in [6.45, 7) is 14.6. The molecule has 0 spiro atoms. The van der Waals surface area contributed by atoms with E-state index in [1.165, 1.54) is 53.7 Å². The van der Waals surface area contributed by atoms with E-state index in [1.807, 2.05) is 0 Å². The second-order valence-electron chi connectivity index (χ2n) is 18.6. The molecule has 2 aliphatic heterocycles. The van der Waals surface area contributed by atoms with E-state index >= 15 is 0 Å². The summed E-state index contributed by atoms with van der Waals surface area (Å²) >= 11 is 0. The van der Waals surface area contributed by atoms with Crippen LogP contribution in [-0.2, 0) is 38.1 Å². The molecule has 1 aromatic rings. The fourth-order valence-electron chi connectivity index (χ4n) is 10.2. The van der Waals surface area contributed by atoms with Gasteiger partial charge in [0.05, 0.1) is 35.6 Å². The number of fused-ring (bicyclic) bond motifs is 5. The summed E-state index contributed by atoms with van der Waals surface area (Å²) in [4.78, 5) is 70.0. The lowest BCUT2D eigenvalue weighted by molar-refractivity contribution is -0.346. The third-order valence-electron chi connectivity index (χ3n) is 13.4. The van der Waals surface area contributed by atoms with Crippen molar-refractivity contribution in [3.8, 4) is 0 Å². The number of hydrogen-bond donors (Lipinski definition) is 5. The van der Waals surface area contributed by atoms with Crippen LogP contribution in [0.1, 0.15) is 92.4 Å². The molecular formula is C41H55NO15. The van der Waals surface area contributed by atoms with Crippen molar-refractivity contribution in [2.45, 2.75) is 148 Å². The number of carbonyl (C=O) groups is 5. The summed E-state index contributed by atoms with van der Waals surface area (Å²) in [5.41, 5.74) is -10.1. The van der Waals surface area contributed by atoms with Crippen LogP contribution >= 0.6 is 0 Å². The minimum atomic E-state index is -2.37. The van der Waals surface area contributed by atoms with Gasteiger partial charge in [0.15, 0.2) is 29.3 Å². The van der Waals surface area contributed by atoms with Crippen molar-refractivity contribution in [3.05, 3.63) is 47.0 Å². The van der Waals surface area contributed by atoms with E-state index < -0.39 is 124 Å². The van der Waals surface area contributed by atoms with Crippen molar-refractivity contribution >= 4 is 29.8 Å². The van der Waals surface area contributed by atoms with E-state index in [2.05, 4.69) is 0 Å². The number of aliphatic hydroxyl groups is 5. The number of nitrogens with zero attached hydrogens (tertiary/aromatic N) is 1. The topological polar surface area (TPSA) is 236 Å². The van der Waals surface area contributed by atoms with Gasteiger partial charge in [-0.05, 0) is 56.4 Å². The number of ketones is 1. The summed E-state index contributed by atoms with van der Waals surface area (Å²) in [5, 5.41) is 60.2. The molecule has 1 aromatic carbocycles. The van der Waals surface area contributed by atoms with Crippen LogP contribution in [0, 0.1) is 22.2 Å². The number of carbonyl (C=O) groups excluding carboxylic acids is 5. The maximum atomic E-state index is 14.9. The lowest BCUT2D eigenvalue weighted by atomic mass is 9.44.